The van der Waals surface area contributed by atoms with Gasteiger partial charge in [-0.25, -0.2) is 9.18 Å². The van der Waals surface area contributed by atoms with E-state index in [-0.39, 0.29) is 16.3 Å². The van der Waals surface area contributed by atoms with E-state index in [2.05, 4.69) is 0 Å². The van der Waals surface area contributed by atoms with Crippen molar-refractivity contribution in [3.05, 3.63) is 34.6 Å². The van der Waals surface area contributed by atoms with Crippen LogP contribution in [0.5, 0.6) is 5.75 Å². The molecule has 3 nitrogen and oxygen atoms in total. The van der Waals surface area contributed by atoms with Crippen LogP contribution in [0.25, 0.3) is 6.08 Å². The molecule has 0 unspecified atom stereocenters. The van der Waals surface area contributed by atoms with Gasteiger partial charge in [0.05, 0.1) is 5.02 Å². The van der Waals surface area contributed by atoms with Gasteiger partial charge in [0, 0.05) is 11.6 Å². The van der Waals surface area contributed by atoms with Gasteiger partial charge in [0.1, 0.15) is 11.6 Å². The molecule has 0 saturated heterocycles. The summed E-state index contributed by atoms with van der Waals surface area (Å²) in [6, 6.07) is 1.93. The minimum Gasteiger partial charge on any atom is -0.506 e. The third-order valence-electron chi connectivity index (χ3n) is 1.46. The normalized spacial score (nSPS) is 10.7. The van der Waals surface area contributed by atoms with Crippen LogP contribution >= 0.6 is 11.6 Å². The third-order valence-corrected chi connectivity index (χ3v) is 1.75. The highest BCUT2D eigenvalue weighted by Gasteiger charge is 2.06. The van der Waals surface area contributed by atoms with E-state index < -0.39 is 11.8 Å². The van der Waals surface area contributed by atoms with Gasteiger partial charge in [-0.2, -0.15) is 0 Å². The van der Waals surface area contributed by atoms with E-state index in [1.54, 1.807) is 0 Å². The largest absolute Gasteiger partial charge is 0.506 e. The number of aromatic hydroxyl groups is 1. The second kappa shape index (κ2) is 4.11. The number of hydrogen-bond donors (Lipinski definition) is 2. The molecule has 2 N–H and O–H groups in total. The summed E-state index contributed by atoms with van der Waals surface area (Å²) in [6.45, 7) is 0. The lowest BCUT2D eigenvalue weighted by atomic mass is 10.2. The van der Waals surface area contributed by atoms with Crippen molar-refractivity contribution in [3.8, 4) is 5.75 Å². The first kappa shape index (κ1) is 10.5. The molecule has 5 heteroatoms. The van der Waals surface area contributed by atoms with Gasteiger partial charge in [-0.15, -0.1) is 0 Å². The Bertz CT molecular complexity index is 401. The molecule has 0 aliphatic heterocycles. The third kappa shape index (κ3) is 2.47. The van der Waals surface area contributed by atoms with Crippen LogP contribution in [0.4, 0.5) is 4.39 Å². The molecule has 74 valence electrons. The maximum atomic E-state index is 12.8. The molecule has 0 saturated carbocycles. The molecule has 0 amide bonds. The van der Waals surface area contributed by atoms with Crippen molar-refractivity contribution >= 4 is 23.6 Å². The van der Waals surface area contributed by atoms with E-state index in [9.17, 15) is 14.3 Å². The zero-order valence-corrected chi connectivity index (χ0v) is 7.62. The van der Waals surface area contributed by atoms with E-state index in [4.69, 9.17) is 16.7 Å². The number of benzene rings is 1. The van der Waals surface area contributed by atoms with Crippen molar-refractivity contribution in [1.82, 2.24) is 0 Å². The van der Waals surface area contributed by atoms with Crippen molar-refractivity contribution < 1.29 is 19.4 Å². The number of hydrogen-bond acceptors (Lipinski definition) is 2. The van der Waals surface area contributed by atoms with E-state index in [1.807, 2.05) is 0 Å². The van der Waals surface area contributed by atoms with Crippen LogP contribution in [0.1, 0.15) is 5.56 Å². The summed E-state index contributed by atoms with van der Waals surface area (Å²) in [5.41, 5.74) is 0.0254. The maximum Gasteiger partial charge on any atom is 0.328 e. The first-order valence-electron chi connectivity index (χ1n) is 3.59. The van der Waals surface area contributed by atoms with Crippen molar-refractivity contribution in [2.75, 3.05) is 0 Å². The predicted octanol–water partition coefficient (Wildman–Crippen LogP) is 2.28. The van der Waals surface area contributed by atoms with Crippen LogP contribution in [0.2, 0.25) is 5.02 Å². The Labute approximate surface area is 84.1 Å². The summed E-state index contributed by atoms with van der Waals surface area (Å²) in [5.74, 6) is -2.17. The summed E-state index contributed by atoms with van der Waals surface area (Å²) in [6.07, 6.45) is 1.84. The fourth-order valence-electron chi connectivity index (χ4n) is 0.874. The van der Waals surface area contributed by atoms with Gasteiger partial charge >= 0.3 is 5.97 Å². The van der Waals surface area contributed by atoms with Gasteiger partial charge in [-0.1, -0.05) is 11.6 Å². The number of phenols is 1. The highest BCUT2D eigenvalue weighted by Crippen LogP contribution is 2.29. The zero-order chi connectivity index (χ0) is 10.7. The average Bonchev–Trinajstić information content (AvgIpc) is 2.08. The Morgan fingerprint density at radius 1 is 1.50 bits per heavy atom. The van der Waals surface area contributed by atoms with Crippen molar-refractivity contribution in [2.45, 2.75) is 0 Å². The van der Waals surface area contributed by atoms with Crippen LogP contribution in [0.15, 0.2) is 18.2 Å². The molecular weight excluding hydrogens is 211 g/mol. The summed E-state index contributed by atoms with van der Waals surface area (Å²) in [4.78, 5) is 10.2. The Morgan fingerprint density at radius 2 is 2.14 bits per heavy atom. The van der Waals surface area contributed by atoms with Gasteiger partial charge in [-0.3, -0.25) is 0 Å². The summed E-state index contributed by atoms with van der Waals surface area (Å²) >= 11 is 5.46. The quantitative estimate of drug-likeness (QED) is 0.746. The molecule has 0 aromatic heterocycles. The Kier molecular flexibility index (Phi) is 3.09. The topological polar surface area (TPSA) is 57.5 Å². The van der Waals surface area contributed by atoms with Crippen LogP contribution < -0.4 is 0 Å². The molecule has 0 aliphatic carbocycles. The van der Waals surface area contributed by atoms with Gasteiger partial charge < -0.3 is 10.2 Å². The number of carbonyl (C=O) groups is 1. The second-order valence-corrected chi connectivity index (χ2v) is 2.90. The molecule has 14 heavy (non-hydrogen) atoms. The monoisotopic (exact) mass is 216 g/mol. The van der Waals surface area contributed by atoms with E-state index in [1.165, 1.54) is 0 Å². The Balaban J connectivity index is 3.14. The standard InChI is InChI=1S/C9H6ClFO3/c10-7-4-6(11)3-5(9(7)14)1-2-8(12)13/h1-4,14H,(H,12,13)/b2-1+. The second-order valence-electron chi connectivity index (χ2n) is 2.50. The molecule has 0 atom stereocenters. The lowest BCUT2D eigenvalue weighted by Gasteiger charge is -2.01. The number of aliphatic carboxylic acids is 1. The van der Waals surface area contributed by atoms with Gasteiger partial charge in [-0.05, 0) is 18.2 Å². The lowest BCUT2D eigenvalue weighted by Crippen LogP contribution is -1.87. The van der Waals surface area contributed by atoms with Crippen LogP contribution in [-0.4, -0.2) is 16.2 Å². The summed E-state index contributed by atoms with van der Waals surface area (Å²) in [7, 11) is 0. The van der Waals surface area contributed by atoms with Gasteiger partial charge in [0.2, 0.25) is 0 Å². The predicted molar refractivity (Wildman–Crippen MR) is 49.7 cm³/mol. The Morgan fingerprint density at radius 3 is 2.71 bits per heavy atom. The van der Waals surface area contributed by atoms with E-state index in [0.717, 1.165) is 24.3 Å². The molecule has 1 aromatic carbocycles. The number of carboxylic acid groups (broad SMARTS) is 1. The molecule has 0 bridgehead atoms. The molecule has 0 fully saturated rings. The first-order valence-corrected chi connectivity index (χ1v) is 3.97. The van der Waals surface area contributed by atoms with Gasteiger partial charge in [0.25, 0.3) is 0 Å². The van der Waals surface area contributed by atoms with Crippen molar-refractivity contribution in [3.63, 3.8) is 0 Å². The van der Waals surface area contributed by atoms with E-state index in [0.29, 0.717) is 0 Å². The molecular formula is C9H6ClFO3. The maximum absolute atomic E-state index is 12.8. The molecule has 0 heterocycles. The van der Waals surface area contributed by atoms with Crippen molar-refractivity contribution in [2.24, 2.45) is 0 Å². The molecule has 0 spiro atoms. The zero-order valence-electron chi connectivity index (χ0n) is 6.87. The SMILES string of the molecule is O=C(O)/C=C/c1cc(F)cc(Cl)c1O. The average molecular weight is 217 g/mol. The fraction of sp³-hybridized carbons (Fsp3) is 0. The molecule has 1 aromatic rings. The van der Waals surface area contributed by atoms with Crippen LogP contribution in [0.3, 0.4) is 0 Å². The molecule has 1 rings (SSSR count). The number of carboxylic acids is 1. The Hall–Kier alpha value is -1.55. The number of phenolic OH excluding ortho intramolecular Hbond substituents is 1. The minimum atomic E-state index is -1.19. The number of rotatable bonds is 2. The highest BCUT2D eigenvalue weighted by molar-refractivity contribution is 6.32. The molecule has 0 aliphatic rings. The lowest BCUT2D eigenvalue weighted by molar-refractivity contribution is -0.131. The van der Waals surface area contributed by atoms with Crippen LogP contribution in [-0.2, 0) is 4.79 Å². The fourth-order valence-corrected chi connectivity index (χ4v) is 1.09. The molecule has 0 radical (unpaired) electrons. The van der Waals surface area contributed by atoms with E-state index >= 15 is 0 Å². The highest BCUT2D eigenvalue weighted by atomic mass is 35.5. The van der Waals surface area contributed by atoms with Crippen molar-refractivity contribution in [1.29, 1.82) is 0 Å². The first-order chi connectivity index (χ1) is 6.50. The minimum absolute atomic E-state index is 0.0254. The summed E-state index contributed by atoms with van der Waals surface area (Å²) in [5, 5.41) is 17.4. The summed E-state index contributed by atoms with van der Waals surface area (Å²) < 4.78 is 12.8. The number of halogens is 2. The smallest absolute Gasteiger partial charge is 0.328 e. The van der Waals surface area contributed by atoms with Gasteiger partial charge in [0.15, 0.2) is 0 Å². The van der Waals surface area contributed by atoms with Crippen LogP contribution in [0, 0.1) is 5.82 Å².